The number of benzene rings is 2. The van der Waals surface area contributed by atoms with Gasteiger partial charge >= 0.3 is 0 Å². The Labute approximate surface area is 190 Å². The van der Waals surface area contributed by atoms with E-state index in [-0.39, 0.29) is 30.6 Å². The number of aliphatic hydroxyl groups excluding tert-OH is 1. The molecule has 31 heavy (non-hydrogen) atoms. The number of amides is 1. The minimum Gasteiger partial charge on any atom is -0.507 e. The number of hydrogen-bond donors (Lipinski definition) is 1. The van der Waals surface area contributed by atoms with E-state index in [4.69, 9.17) is 9.47 Å². The summed E-state index contributed by atoms with van der Waals surface area (Å²) in [6.07, 6.45) is 0.00185. The van der Waals surface area contributed by atoms with Crippen LogP contribution in [0.1, 0.15) is 36.6 Å². The predicted octanol–water partition coefficient (Wildman–Crippen LogP) is 4.61. The van der Waals surface area contributed by atoms with E-state index in [1.54, 1.807) is 49.6 Å². The van der Waals surface area contributed by atoms with E-state index in [1.165, 1.54) is 4.90 Å². The van der Waals surface area contributed by atoms with Crippen LogP contribution in [0, 0.1) is 6.92 Å². The summed E-state index contributed by atoms with van der Waals surface area (Å²) < 4.78 is 11.7. The van der Waals surface area contributed by atoms with Crippen LogP contribution in [0.25, 0.3) is 5.76 Å². The topological polar surface area (TPSA) is 76.1 Å². The smallest absolute Gasteiger partial charge is 0.295 e. The molecule has 2 aromatic rings. The number of aryl methyl sites for hydroxylation is 1. The SMILES string of the molecule is COc1ccc(C2/C(=C(/O)c3ccc(Br)c(C)c3)C(=O)C(=O)N2CCOC(C)C)cc1. The van der Waals surface area contributed by atoms with E-state index < -0.39 is 17.7 Å². The summed E-state index contributed by atoms with van der Waals surface area (Å²) in [6.45, 7) is 6.23. The van der Waals surface area contributed by atoms with Crippen molar-refractivity contribution < 1.29 is 24.2 Å². The van der Waals surface area contributed by atoms with Gasteiger partial charge in [-0.1, -0.05) is 34.1 Å². The summed E-state index contributed by atoms with van der Waals surface area (Å²) in [5, 5.41) is 11.1. The number of nitrogens with zero attached hydrogens (tertiary/aromatic N) is 1. The summed E-state index contributed by atoms with van der Waals surface area (Å²) in [5.74, 6) is -0.888. The van der Waals surface area contributed by atoms with Crippen LogP contribution in [0.3, 0.4) is 0 Å². The van der Waals surface area contributed by atoms with Crippen LogP contribution in [-0.4, -0.2) is 48.1 Å². The summed E-state index contributed by atoms with van der Waals surface area (Å²) in [6, 6.07) is 11.7. The van der Waals surface area contributed by atoms with Gasteiger partial charge in [0.2, 0.25) is 0 Å². The van der Waals surface area contributed by atoms with E-state index in [1.807, 2.05) is 20.8 Å². The predicted molar refractivity (Wildman–Crippen MR) is 122 cm³/mol. The van der Waals surface area contributed by atoms with Crippen LogP contribution >= 0.6 is 15.9 Å². The van der Waals surface area contributed by atoms with E-state index in [0.717, 1.165) is 10.0 Å². The lowest BCUT2D eigenvalue weighted by molar-refractivity contribution is -0.140. The van der Waals surface area contributed by atoms with Crippen molar-refractivity contribution in [2.75, 3.05) is 20.3 Å². The van der Waals surface area contributed by atoms with Gasteiger partial charge in [0.15, 0.2) is 0 Å². The second-order valence-corrected chi connectivity index (χ2v) is 8.50. The quantitative estimate of drug-likeness (QED) is 0.350. The van der Waals surface area contributed by atoms with Crippen molar-refractivity contribution in [3.05, 3.63) is 69.2 Å². The average molecular weight is 488 g/mol. The van der Waals surface area contributed by atoms with Crippen LogP contribution in [0.4, 0.5) is 0 Å². The number of carbonyl (C=O) groups excluding carboxylic acids is 2. The summed E-state index contributed by atoms with van der Waals surface area (Å²) in [5.41, 5.74) is 2.17. The molecule has 1 aliphatic rings. The number of rotatable bonds is 7. The maximum atomic E-state index is 13.0. The zero-order valence-electron chi connectivity index (χ0n) is 18.0. The third-order valence-corrected chi connectivity index (χ3v) is 6.08. The Hall–Kier alpha value is -2.64. The van der Waals surface area contributed by atoms with Gasteiger partial charge in [-0.05, 0) is 56.2 Å². The first-order valence-electron chi connectivity index (χ1n) is 10.0. The van der Waals surface area contributed by atoms with E-state index in [9.17, 15) is 14.7 Å². The van der Waals surface area contributed by atoms with Crippen molar-refractivity contribution in [2.45, 2.75) is 32.9 Å². The fourth-order valence-corrected chi connectivity index (χ4v) is 3.82. The van der Waals surface area contributed by atoms with Crippen molar-refractivity contribution in [3.63, 3.8) is 0 Å². The lowest BCUT2D eigenvalue weighted by atomic mass is 9.95. The molecule has 1 heterocycles. The van der Waals surface area contributed by atoms with Gasteiger partial charge in [0, 0.05) is 16.6 Å². The molecule has 1 aliphatic heterocycles. The average Bonchev–Trinajstić information content (AvgIpc) is 3.00. The van der Waals surface area contributed by atoms with Gasteiger partial charge in [0.25, 0.3) is 11.7 Å². The Morgan fingerprint density at radius 1 is 1.16 bits per heavy atom. The Kier molecular flexibility index (Phi) is 7.18. The first-order valence-corrected chi connectivity index (χ1v) is 10.8. The molecule has 0 aromatic heterocycles. The fourth-order valence-electron chi connectivity index (χ4n) is 3.58. The van der Waals surface area contributed by atoms with E-state index in [2.05, 4.69) is 15.9 Å². The second kappa shape index (κ2) is 9.66. The zero-order valence-corrected chi connectivity index (χ0v) is 19.6. The molecule has 1 unspecified atom stereocenters. The van der Waals surface area contributed by atoms with Crippen molar-refractivity contribution >= 4 is 33.4 Å². The van der Waals surface area contributed by atoms with Crippen LogP contribution < -0.4 is 4.74 Å². The van der Waals surface area contributed by atoms with Gasteiger partial charge in [-0.3, -0.25) is 9.59 Å². The Bertz CT molecular complexity index is 1010. The van der Waals surface area contributed by atoms with Crippen molar-refractivity contribution in [2.24, 2.45) is 0 Å². The number of hydrogen-bond acceptors (Lipinski definition) is 5. The Morgan fingerprint density at radius 3 is 2.42 bits per heavy atom. The van der Waals surface area contributed by atoms with E-state index in [0.29, 0.717) is 16.9 Å². The van der Waals surface area contributed by atoms with Gasteiger partial charge in [0.05, 0.1) is 31.4 Å². The summed E-state index contributed by atoms with van der Waals surface area (Å²) >= 11 is 3.44. The molecule has 1 saturated heterocycles. The number of carbonyl (C=O) groups is 2. The number of ketones is 1. The first-order chi connectivity index (χ1) is 14.7. The highest BCUT2D eigenvalue weighted by molar-refractivity contribution is 9.10. The lowest BCUT2D eigenvalue weighted by Gasteiger charge is -2.25. The lowest BCUT2D eigenvalue weighted by Crippen LogP contribution is -2.33. The third kappa shape index (κ3) is 4.83. The number of aliphatic hydroxyl groups is 1. The van der Waals surface area contributed by atoms with Crippen LogP contribution in [-0.2, 0) is 14.3 Å². The molecule has 3 rings (SSSR count). The standard InChI is InChI=1S/C24H26BrNO5/c1-14(2)31-12-11-26-21(16-5-8-18(30-4)9-6-16)20(23(28)24(26)29)22(27)17-7-10-19(25)15(3)13-17/h5-10,13-14,21,27H,11-12H2,1-4H3/b22-20-. The molecule has 0 saturated carbocycles. The minimum atomic E-state index is -0.717. The molecule has 1 atom stereocenters. The highest BCUT2D eigenvalue weighted by atomic mass is 79.9. The zero-order chi connectivity index (χ0) is 22.7. The number of Topliss-reactive ketones (excluding diaryl/α,β-unsaturated/α-hetero) is 1. The molecule has 0 radical (unpaired) electrons. The maximum Gasteiger partial charge on any atom is 0.295 e. The number of likely N-dealkylation sites (tertiary alicyclic amines) is 1. The molecular weight excluding hydrogens is 462 g/mol. The normalized spacial score (nSPS) is 18.1. The fraction of sp³-hybridized carbons (Fsp3) is 0.333. The summed E-state index contributed by atoms with van der Waals surface area (Å²) in [7, 11) is 1.57. The molecule has 0 bridgehead atoms. The molecule has 0 spiro atoms. The number of halogens is 1. The minimum absolute atomic E-state index is 0.00185. The number of methoxy groups -OCH3 is 1. The highest BCUT2D eigenvalue weighted by Gasteiger charge is 2.45. The molecular formula is C24H26BrNO5. The monoisotopic (exact) mass is 487 g/mol. The molecule has 0 aliphatic carbocycles. The van der Waals surface area contributed by atoms with Gasteiger partial charge in [0.1, 0.15) is 11.5 Å². The molecule has 2 aromatic carbocycles. The largest absolute Gasteiger partial charge is 0.507 e. The molecule has 1 fully saturated rings. The first kappa shape index (κ1) is 23.0. The summed E-state index contributed by atoms with van der Waals surface area (Å²) in [4.78, 5) is 27.4. The van der Waals surface area contributed by atoms with Crippen molar-refractivity contribution in [1.82, 2.24) is 4.90 Å². The molecule has 164 valence electrons. The maximum absolute atomic E-state index is 13.0. The molecule has 1 N–H and O–H groups in total. The second-order valence-electron chi connectivity index (χ2n) is 7.65. The van der Waals surface area contributed by atoms with Crippen molar-refractivity contribution in [3.8, 4) is 5.75 Å². The van der Waals surface area contributed by atoms with Gasteiger partial charge < -0.3 is 19.5 Å². The molecule has 7 heteroatoms. The van der Waals surface area contributed by atoms with E-state index >= 15 is 0 Å². The van der Waals surface area contributed by atoms with Gasteiger partial charge in [-0.25, -0.2) is 0 Å². The highest BCUT2D eigenvalue weighted by Crippen LogP contribution is 2.40. The van der Waals surface area contributed by atoms with Gasteiger partial charge in [-0.2, -0.15) is 0 Å². The third-order valence-electron chi connectivity index (χ3n) is 5.19. The Balaban J connectivity index is 2.10. The number of ether oxygens (including phenoxy) is 2. The van der Waals surface area contributed by atoms with Crippen molar-refractivity contribution in [1.29, 1.82) is 0 Å². The van der Waals surface area contributed by atoms with Crippen LogP contribution in [0.5, 0.6) is 5.75 Å². The van der Waals surface area contributed by atoms with Crippen LogP contribution in [0.15, 0.2) is 52.5 Å². The Morgan fingerprint density at radius 2 is 1.84 bits per heavy atom. The van der Waals surface area contributed by atoms with Gasteiger partial charge in [-0.15, -0.1) is 0 Å². The molecule has 1 amide bonds. The molecule has 6 nitrogen and oxygen atoms in total. The van der Waals surface area contributed by atoms with Crippen LogP contribution in [0.2, 0.25) is 0 Å².